The molecule has 2 aromatic rings. The van der Waals surface area contributed by atoms with Gasteiger partial charge in [0.1, 0.15) is 22.5 Å². The molecule has 6 nitrogen and oxygen atoms in total. The van der Waals surface area contributed by atoms with Crippen LogP contribution in [0.2, 0.25) is 0 Å². The van der Waals surface area contributed by atoms with E-state index >= 15 is 0 Å². The van der Waals surface area contributed by atoms with E-state index in [1.54, 1.807) is 19.9 Å². The predicted octanol–water partition coefficient (Wildman–Crippen LogP) is 3.65. The number of carboxylic acids is 1. The molecule has 8 heteroatoms. The van der Waals surface area contributed by atoms with Gasteiger partial charge in [-0.1, -0.05) is 37.3 Å². The summed E-state index contributed by atoms with van der Waals surface area (Å²) in [5, 5.41) is 20.8. The van der Waals surface area contributed by atoms with Crippen LogP contribution in [0.4, 0.5) is 9.52 Å². The van der Waals surface area contributed by atoms with Crippen LogP contribution in [0.3, 0.4) is 0 Å². The first-order valence-corrected chi connectivity index (χ1v) is 8.24. The van der Waals surface area contributed by atoms with Crippen LogP contribution in [0.1, 0.15) is 31.6 Å². The number of nitrogens with one attached hydrogen (secondary N) is 1. The third kappa shape index (κ3) is 4.61. The fourth-order valence-corrected chi connectivity index (χ4v) is 2.86. The van der Waals surface area contributed by atoms with Gasteiger partial charge in [0, 0.05) is 17.4 Å². The monoisotopic (exact) mass is 361 g/mol. The van der Waals surface area contributed by atoms with Crippen molar-refractivity contribution >= 4 is 28.3 Å². The van der Waals surface area contributed by atoms with Crippen LogP contribution >= 0.6 is 11.3 Å². The average molecular weight is 361 g/mol. The van der Waals surface area contributed by atoms with Gasteiger partial charge in [-0.2, -0.15) is 5.26 Å². The number of carbonyl (C=O) groups is 2. The molecular weight excluding hydrogens is 345 g/mol. The Kier molecular flexibility index (Phi) is 5.49. The van der Waals surface area contributed by atoms with Crippen molar-refractivity contribution in [3.8, 4) is 17.3 Å². The highest BCUT2D eigenvalue weighted by Crippen LogP contribution is 2.32. The maximum Gasteiger partial charge on any atom is 0.303 e. The number of thiazole rings is 1. The molecule has 0 unspecified atom stereocenters. The summed E-state index contributed by atoms with van der Waals surface area (Å²) in [4.78, 5) is 27.5. The molecule has 0 aliphatic heterocycles. The summed E-state index contributed by atoms with van der Waals surface area (Å²) < 4.78 is 13.4. The van der Waals surface area contributed by atoms with E-state index in [2.05, 4.69) is 10.3 Å². The van der Waals surface area contributed by atoms with Crippen molar-refractivity contribution in [2.45, 2.75) is 26.7 Å². The first-order valence-electron chi connectivity index (χ1n) is 7.43. The summed E-state index contributed by atoms with van der Waals surface area (Å²) >= 11 is 0.986. The number of hydrogen-bond donors (Lipinski definition) is 2. The molecule has 1 amide bonds. The summed E-state index contributed by atoms with van der Waals surface area (Å²) in [7, 11) is 0. The smallest absolute Gasteiger partial charge is 0.303 e. The maximum absolute atomic E-state index is 13.4. The van der Waals surface area contributed by atoms with Crippen LogP contribution in [0.5, 0.6) is 0 Å². The molecule has 1 aromatic heterocycles. The van der Waals surface area contributed by atoms with Crippen LogP contribution in [0.25, 0.3) is 11.3 Å². The lowest BCUT2D eigenvalue weighted by molar-refractivity contribution is -0.138. The minimum atomic E-state index is -0.977. The van der Waals surface area contributed by atoms with Gasteiger partial charge in [-0.05, 0) is 18.6 Å². The van der Waals surface area contributed by atoms with Gasteiger partial charge in [-0.3, -0.25) is 9.59 Å². The van der Waals surface area contributed by atoms with E-state index in [4.69, 9.17) is 5.11 Å². The molecule has 0 radical (unpaired) electrons. The topological polar surface area (TPSA) is 103 Å². The second kappa shape index (κ2) is 7.40. The van der Waals surface area contributed by atoms with Gasteiger partial charge in [0.15, 0.2) is 5.13 Å². The number of anilines is 1. The summed E-state index contributed by atoms with van der Waals surface area (Å²) in [6, 6.07) is 7.68. The van der Waals surface area contributed by atoms with Crippen LogP contribution < -0.4 is 5.32 Å². The number of nitrogens with zero attached hydrogens (tertiary/aromatic N) is 2. The fraction of sp³-hybridized carbons (Fsp3) is 0.294. The number of aliphatic carboxylic acids is 1. The van der Waals surface area contributed by atoms with E-state index in [0.717, 1.165) is 11.3 Å². The van der Waals surface area contributed by atoms with E-state index in [-0.39, 0.29) is 22.9 Å². The largest absolute Gasteiger partial charge is 0.481 e. The standard InChI is InChI=1S/C17H16FN3O3S/c1-17(2,7-6-13(22)23)15(24)21-16-20-14(12(9-19)25-16)10-4-3-5-11(18)8-10/h3-5,8H,6-7H2,1-2H3,(H,22,23)(H,20,21,24). The predicted molar refractivity (Wildman–Crippen MR) is 91.5 cm³/mol. The Morgan fingerprint density at radius 3 is 2.76 bits per heavy atom. The number of carboxylic acid groups (broad SMARTS) is 1. The molecule has 25 heavy (non-hydrogen) atoms. The molecule has 2 N–H and O–H groups in total. The molecule has 0 saturated carbocycles. The summed E-state index contributed by atoms with van der Waals surface area (Å²) in [6.45, 7) is 3.27. The van der Waals surface area contributed by atoms with E-state index in [1.807, 2.05) is 6.07 Å². The number of amides is 1. The summed E-state index contributed by atoms with van der Waals surface area (Å²) in [6.07, 6.45) is 0.0394. The Bertz CT molecular complexity index is 855. The van der Waals surface area contributed by atoms with Crippen molar-refractivity contribution in [2.75, 3.05) is 5.32 Å². The van der Waals surface area contributed by atoms with E-state index in [1.165, 1.54) is 18.2 Å². The lowest BCUT2D eigenvalue weighted by atomic mass is 9.87. The Morgan fingerprint density at radius 1 is 1.44 bits per heavy atom. The van der Waals surface area contributed by atoms with E-state index in [9.17, 15) is 19.2 Å². The van der Waals surface area contributed by atoms with E-state index in [0.29, 0.717) is 11.3 Å². The van der Waals surface area contributed by atoms with Gasteiger partial charge in [0.05, 0.1) is 0 Å². The number of carbonyl (C=O) groups excluding carboxylic acids is 1. The number of halogens is 1. The molecule has 1 heterocycles. The van der Waals surface area contributed by atoms with Crippen molar-refractivity contribution in [2.24, 2.45) is 5.41 Å². The molecule has 0 fully saturated rings. The molecule has 0 saturated heterocycles. The van der Waals surface area contributed by atoms with Gasteiger partial charge in [-0.25, -0.2) is 9.37 Å². The Hall–Kier alpha value is -2.79. The zero-order valence-corrected chi connectivity index (χ0v) is 14.5. The molecule has 130 valence electrons. The van der Waals surface area contributed by atoms with Crippen LogP contribution in [-0.4, -0.2) is 22.0 Å². The van der Waals surface area contributed by atoms with Gasteiger partial charge < -0.3 is 10.4 Å². The van der Waals surface area contributed by atoms with Crippen LogP contribution in [0.15, 0.2) is 24.3 Å². The SMILES string of the molecule is CC(C)(CCC(=O)O)C(=O)Nc1nc(-c2cccc(F)c2)c(C#N)s1. The minimum Gasteiger partial charge on any atom is -0.481 e. The van der Waals surface area contributed by atoms with Crippen LogP contribution in [0, 0.1) is 22.6 Å². The normalized spacial score (nSPS) is 11.0. The van der Waals surface area contributed by atoms with Gasteiger partial charge in [0.2, 0.25) is 5.91 Å². The third-order valence-electron chi connectivity index (χ3n) is 3.63. The average Bonchev–Trinajstić information content (AvgIpc) is 2.96. The zero-order valence-electron chi connectivity index (χ0n) is 13.7. The molecule has 0 spiro atoms. The number of hydrogen-bond acceptors (Lipinski definition) is 5. The molecule has 1 aromatic carbocycles. The van der Waals surface area contributed by atoms with Crippen molar-refractivity contribution < 1.29 is 19.1 Å². The first-order chi connectivity index (χ1) is 11.7. The third-order valence-corrected chi connectivity index (χ3v) is 4.50. The minimum absolute atomic E-state index is 0.129. The van der Waals surface area contributed by atoms with Gasteiger partial charge in [-0.15, -0.1) is 0 Å². The summed E-state index contributed by atoms with van der Waals surface area (Å²) in [5.74, 6) is -1.82. The second-order valence-corrected chi connectivity index (χ2v) is 7.05. The maximum atomic E-state index is 13.4. The van der Waals surface area contributed by atoms with Gasteiger partial charge >= 0.3 is 5.97 Å². The molecular formula is C17H16FN3O3S. The molecule has 2 rings (SSSR count). The molecule has 0 aliphatic carbocycles. The fourth-order valence-electron chi connectivity index (χ4n) is 2.08. The van der Waals surface area contributed by atoms with Crippen LogP contribution in [-0.2, 0) is 9.59 Å². The lowest BCUT2D eigenvalue weighted by Gasteiger charge is -2.21. The number of rotatable bonds is 6. The Morgan fingerprint density at radius 2 is 2.16 bits per heavy atom. The highest BCUT2D eigenvalue weighted by atomic mass is 32.1. The number of nitriles is 1. The Labute approximate surface area is 147 Å². The second-order valence-electron chi connectivity index (χ2n) is 6.05. The lowest BCUT2D eigenvalue weighted by Crippen LogP contribution is -2.31. The molecule has 0 atom stereocenters. The highest BCUT2D eigenvalue weighted by Gasteiger charge is 2.29. The van der Waals surface area contributed by atoms with Gasteiger partial charge in [0.25, 0.3) is 0 Å². The first kappa shape index (κ1) is 18.5. The van der Waals surface area contributed by atoms with Crippen molar-refractivity contribution in [3.63, 3.8) is 0 Å². The molecule has 0 aliphatic rings. The number of benzene rings is 1. The molecule has 0 bridgehead atoms. The van der Waals surface area contributed by atoms with Crippen molar-refractivity contribution in [1.29, 1.82) is 5.26 Å². The quantitative estimate of drug-likeness (QED) is 0.817. The number of aromatic nitrogens is 1. The van der Waals surface area contributed by atoms with Crippen molar-refractivity contribution in [3.05, 3.63) is 35.0 Å². The van der Waals surface area contributed by atoms with E-state index < -0.39 is 23.1 Å². The van der Waals surface area contributed by atoms with Crippen molar-refractivity contribution in [1.82, 2.24) is 4.98 Å². The zero-order chi connectivity index (χ0) is 18.6. The Balaban J connectivity index is 2.23. The highest BCUT2D eigenvalue weighted by molar-refractivity contribution is 7.16. The summed E-state index contributed by atoms with van der Waals surface area (Å²) in [5.41, 5.74) is -0.167.